The number of carbonyl (C=O) groups is 4. The number of hydrogen-bond donors (Lipinski definition) is 0. The number of nitrogens with zero attached hydrogens (tertiary/aromatic N) is 4. The minimum absolute atomic E-state index is 0.0189. The zero-order chi connectivity index (χ0) is 33.3. The molecule has 2 bridgehead atoms. The molecule has 2 aliphatic heterocycles. The van der Waals surface area contributed by atoms with Gasteiger partial charge in [-0.15, -0.1) is 0 Å². The van der Waals surface area contributed by atoms with E-state index in [9.17, 15) is 19.2 Å². The fourth-order valence-electron chi connectivity index (χ4n) is 7.73. The Morgan fingerprint density at radius 1 is 0.957 bits per heavy atom. The molecule has 6 rings (SSSR count). The number of aryl methyl sites for hydroxylation is 2. The number of fused-ring (bicyclic) bond motifs is 1. The lowest BCUT2D eigenvalue weighted by Crippen LogP contribution is -2.44. The van der Waals surface area contributed by atoms with Gasteiger partial charge in [-0.2, -0.15) is 0 Å². The molecule has 2 aromatic heterocycles. The third kappa shape index (κ3) is 7.30. The van der Waals surface area contributed by atoms with Gasteiger partial charge in [0.25, 0.3) is 0 Å². The second-order valence-corrected chi connectivity index (χ2v) is 14.7. The van der Waals surface area contributed by atoms with Gasteiger partial charge in [-0.1, -0.05) is 25.3 Å². The van der Waals surface area contributed by atoms with Crippen LogP contribution in [0, 0.1) is 19.3 Å². The summed E-state index contributed by atoms with van der Waals surface area (Å²) in [6.07, 6.45) is 12.6. The van der Waals surface area contributed by atoms with Crippen LogP contribution in [0.1, 0.15) is 110 Å². The monoisotopic (exact) mass is 698 g/mol. The minimum Gasteiger partial charge on any atom is -0.329 e. The summed E-state index contributed by atoms with van der Waals surface area (Å²) in [5.41, 5.74) is 5.55. The summed E-state index contributed by atoms with van der Waals surface area (Å²) in [6.45, 7) is 5.33. The predicted octanol–water partition coefficient (Wildman–Crippen LogP) is 7.08. The van der Waals surface area contributed by atoms with Crippen LogP contribution in [0.5, 0.6) is 0 Å². The van der Waals surface area contributed by atoms with Crippen molar-refractivity contribution in [3.63, 3.8) is 0 Å². The quantitative estimate of drug-likeness (QED) is 0.207. The molecule has 0 N–H and O–H groups in total. The molecule has 4 heterocycles. The highest BCUT2D eigenvalue weighted by molar-refractivity contribution is 9.10. The highest BCUT2D eigenvalue weighted by Gasteiger charge is 2.66. The van der Waals surface area contributed by atoms with Gasteiger partial charge in [0.1, 0.15) is 16.2 Å². The number of aromatic nitrogens is 3. The molecule has 0 unspecified atom stereocenters. The van der Waals surface area contributed by atoms with E-state index < -0.39 is 6.04 Å². The summed E-state index contributed by atoms with van der Waals surface area (Å²) >= 11 is 3.43. The lowest BCUT2D eigenvalue weighted by molar-refractivity contribution is -0.138. The van der Waals surface area contributed by atoms with Crippen LogP contribution < -0.4 is 0 Å². The van der Waals surface area contributed by atoms with E-state index >= 15 is 0 Å². The first-order valence-corrected chi connectivity index (χ1v) is 17.8. The normalized spacial score (nSPS) is 23.5. The molecule has 8 nitrogen and oxygen atoms in total. The van der Waals surface area contributed by atoms with Crippen LogP contribution in [-0.4, -0.2) is 55.2 Å². The number of pyridine rings is 1. The van der Waals surface area contributed by atoms with E-state index in [1.807, 2.05) is 43.0 Å². The zero-order valence-corrected chi connectivity index (χ0v) is 29.2. The van der Waals surface area contributed by atoms with Crippen molar-refractivity contribution in [2.24, 2.45) is 5.41 Å². The number of halogens is 1. The van der Waals surface area contributed by atoms with Crippen LogP contribution in [0.25, 0.3) is 11.1 Å². The molecule has 3 aliphatic rings. The number of carbonyl (C=O) groups excluding carboxylic acids is 4. The van der Waals surface area contributed by atoms with Gasteiger partial charge in [0.15, 0.2) is 11.6 Å². The van der Waals surface area contributed by atoms with E-state index in [0.717, 1.165) is 72.8 Å². The van der Waals surface area contributed by atoms with E-state index in [0.29, 0.717) is 47.4 Å². The van der Waals surface area contributed by atoms with Crippen molar-refractivity contribution in [3.05, 3.63) is 75.0 Å². The van der Waals surface area contributed by atoms with Gasteiger partial charge >= 0.3 is 0 Å². The second kappa shape index (κ2) is 13.9. The number of hydrogen-bond acceptors (Lipinski definition) is 7. The third-order valence-electron chi connectivity index (χ3n) is 10.6. The largest absolute Gasteiger partial charge is 0.329 e. The molecular formula is C38H43BrN4O4. The molecule has 1 amide bonds. The third-order valence-corrected chi connectivity index (χ3v) is 11.0. The minimum atomic E-state index is -0.570. The summed E-state index contributed by atoms with van der Waals surface area (Å²) in [6, 6.07) is 6.96. The summed E-state index contributed by atoms with van der Waals surface area (Å²) in [5, 5.41) is 0. The van der Waals surface area contributed by atoms with Gasteiger partial charge < -0.3 is 4.90 Å². The maximum atomic E-state index is 14.5. The van der Waals surface area contributed by atoms with E-state index in [2.05, 4.69) is 30.9 Å². The Balaban J connectivity index is 1.39. The van der Waals surface area contributed by atoms with Gasteiger partial charge in [-0.05, 0) is 121 Å². The smallest absolute Gasteiger partial charge is 0.227 e. The molecule has 1 aliphatic carbocycles. The lowest BCUT2D eigenvalue weighted by Gasteiger charge is -2.28. The molecule has 2 fully saturated rings. The number of ketones is 3. The van der Waals surface area contributed by atoms with Crippen molar-refractivity contribution in [3.8, 4) is 11.1 Å². The fourth-order valence-corrected chi connectivity index (χ4v) is 8.08. The van der Waals surface area contributed by atoms with Crippen LogP contribution in [-0.2, 0) is 33.6 Å². The highest BCUT2D eigenvalue weighted by Crippen LogP contribution is 2.62. The van der Waals surface area contributed by atoms with Crippen molar-refractivity contribution in [1.29, 1.82) is 0 Å². The van der Waals surface area contributed by atoms with E-state index in [1.165, 1.54) is 0 Å². The number of amides is 1. The van der Waals surface area contributed by atoms with Gasteiger partial charge in [-0.3, -0.25) is 19.2 Å². The summed E-state index contributed by atoms with van der Waals surface area (Å²) < 4.78 is 0.670. The van der Waals surface area contributed by atoms with Crippen LogP contribution in [0.15, 0.2) is 41.3 Å². The van der Waals surface area contributed by atoms with Crippen molar-refractivity contribution in [1.82, 2.24) is 19.9 Å². The molecule has 0 spiro atoms. The van der Waals surface area contributed by atoms with Gasteiger partial charge in [0, 0.05) is 42.4 Å². The van der Waals surface area contributed by atoms with E-state index in [-0.39, 0.29) is 47.6 Å². The number of rotatable bonds is 5. The fraction of sp³-hybridized carbons (Fsp3) is 0.500. The Hall–Kier alpha value is -3.59. The Labute approximate surface area is 285 Å². The summed E-state index contributed by atoms with van der Waals surface area (Å²) in [7, 11) is 0. The highest BCUT2D eigenvalue weighted by atomic mass is 79.9. The van der Waals surface area contributed by atoms with Gasteiger partial charge in [0.2, 0.25) is 5.91 Å². The Morgan fingerprint density at radius 3 is 2.43 bits per heavy atom. The molecule has 1 aromatic carbocycles. The topological polar surface area (TPSA) is 110 Å². The van der Waals surface area contributed by atoms with Crippen molar-refractivity contribution >= 4 is 39.2 Å². The Morgan fingerprint density at radius 2 is 1.68 bits per heavy atom. The SMILES string of the molecule is CC(=O)c1cc2c(c(-c3cnc(C)nc3)c1)CCCCCCCC(=O)CC[C@@]13C[C@@H](C(=O)Cc4nc(Br)ccc4C)N(C(=O)C2)[C@@H]1C3. The molecule has 3 aromatic rings. The molecule has 47 heavy (non-hydrogen) atoms. The predicted molar refractivity (Wildman–Crippen MR) is 183 cm³/mol. The molecule has 0 radical (unpaired) electrons. The van der Waals surface area contributed by atoms with Crippen molar-refractivity contribution < 1.29 is 19.2 Å². The average Bonchev–Trinajstić information content (AvgIpc) is 3.64. The van der Waals surface area contributed by atoms with Crippen molar-refractivity contribution in [2.45, 2.75) is 116 Å². The Bertz CT molecular complexity index is 1720. The van der Waals surface area contributed by atoms with E-state index in [1.54, 1.807) is 19.3 Å². The molecule has 1 saturated heterocycles. The van der Waals surface area contributed by atoms with Crippen LogP contribution in [0.2, 0.25) is 0 Å². The lowest BCUT2D eigenvalue weighted by atomic mass is 9.87. The summed E-state index contributed by atoms with van der Waals surface area (Å²) in [4.78, 5) is 69.5. The van der Waals surface area contributed by atoms with E-state index in [4.69, 9.17) is 0 Å². The number of Topliss-reactive ketones (excluding diaryl/α,β-unsaturated/α-hetero) is 3. The van der Waals surface area contributed by atoms with Crippen molar-refractivity contribution in [2.75, 3.05) is 0 Å². The van der Waals surface area contributed by atoms with Gasteiger partial charge in [0.05, 0.1) is 24.6 Å². The molecule has 9 heteroatoms. The second-order valence-electron chi connectivity index (χ2n) is 13.9. The first kappa shape index (κ1) is 33.3. The number of benzene rings is 1. The maximum Gasteiger partial charge on any atom is 0.227 e. The molecule has 246 valence electrons. The first-order chi connectivity index (χ1) is 22.5. The van der Waals surface area contributed by atoms with Crippen LogP contribution in [0.3, 0.4) is 0 Å². The average molecular weight is 700 g/mol. The van der Waals surface area contributed by atoms with Gasteiger partial charge in [-0.25, -0.2) is 15.0 Å². The standard InChI is InChI=1S/C38H43BrN4O4/c1-23-11-12-36(39)42-32(23)18-34(46)33-19-38-14-13-29(45)9-7-5-4-6-8-10-30-27(17-37(47)43(33)35(38)20-38)15-26(24(2)44)16-31(30)28-21-40-25(3)41-22-28/h11-12,15-16,21-22,33,35H,4-10,13-14,17-20H2,1-3H3/t33-,35+,38-/m0/s1. The molecule has 1 saturated carbocycles. The summed E-state index contributed by atoms with van der Waals surface area (Å²) in [5.74, 6) is 0.750. The Kier molecular flexibility index (Phi) is 9.83. The van der Waals surface area contributed by atoms with Crippen LogP contribution in [0.4, 0.5) is 0 Å². The zero-order valence-electron chi connectivity index (χ0n) is 27.6. The molecular weight excluding hydrogens is 656 g/mol. The maximum absolute atomic E-state index is 14.5. The number of piperidine rings is 1. The first-order valence-electron chi connectivity index (χ1n) is 17.0. The van der Waals surface area contributed by atoms with Crippen LogP contribution >= 0.6 is 15.9 Å². The molecule has 3 atom stereocenters.